The van der Waals surface area contributed by atoms with Gasteiger partial charge in [0.05, 0.1) is 6.61 Å². The van der Waals surface area contributed by atoms with E-state index in [9.17, 15) is 4.79 Å². The molecule has 90 valence electrons. The third kappa shape index (κ3) is 2.13. The zero-order valence-electron chi connectivity index (χ0n) is 9.87. The van der Waals surface area contributed by atoms with Crippen molar-refractivity contribution in [3.8, 4) is 0 Å². The molecule has 1 unspecified atom stereocenters. The Hall–Kier alpha value is -1.19. The molecule has 3 nitrogen and oxygen atoms in total. The van der Waals surface area contributed by atoms with Crippen molar-refractivity contribution in [2.45, 2.75) is 25.9 Å². The largest absolute Gasteiger partial charge is 0.381 e. The summed E-state index contributed by atoms with van der Waals surface area (Å²) in [6, 6.07) is 6.08. The molecule has 0 spiro atoms. The summed E-state index contributed by atoms with van der Waals surface area (Å²) in [6.45, 7) is 3.21. The van der Waals surface area contributed by atoms with Crippen LogP contribution >= 0.6 is 0 Å². The zero-order valence-corrected chi connectivity index (χ0v) is 9.87. The van der Waals surface area contributed by atoms with E-state index >= 15 is 0 Å². The molecule has 0 amide bonds. The molecule has 3 rings (SSSR count). The maximum atomic E-state index is 12.3. The van der Waals surface area contributed by atoms with Gasteiger partial charge in [-0.25, -0.2) is 0 Å². The Morgan fingerprint density at radius 1 is 1.29 bits per heavy atom. The molecule has 3 heteroatoms. The Kier molecular flexibility index (Phi) is 2.95. The number of fused-ring (bicyclic) bond motifs is 1. The van der Waals surface area contributed by atoms with Gasteiger partial charge in [0.25, 0.3) is 0 Å². The predicted octanol–water partition coefficient (Wildman–Crippen LogP) is 1.90. The molecule has 1 N–H and O–H groups in total. The number of hydrogen-bond donors (Lipinski definition) is 1. The van der Waals surface area contributed by atoms with Gasteiger partial charge in [-0.3, -0.25) is 4.79 Å². The van der Waals surface area contributed by atoms with E-state index in [0.29, 0.717) is 6.61 Å². The number of carbonyl (C=O) groups is 1. The molecule has 1 atom stereocenters. The first-order valence-corrected chi connectivity index (χ1v) is 6.29. The van der Waals surface area contributed by atoms with Crippen molar-refractivity contribution in [3.63, 3.8) is 0 Å². The average Bonchev–Trinajstić information content (AvgIpc) is 2.86. The van der Waals surface area contributed by atoms with Crippen LogP contribution in [-0.2, 0) is 17.8 Å². The summed E-state index contributed by atoms with van der Waals surface area (Å²) in [5.74, 6) is 0.315. The number of ether oxygens (including phenoxy) is 1. The Morgan fingerprint density at radius 3 is 3.00 bits per heavy atom. The quantitative estimate of drug-likeness (QED) is 0.790. The predicted molar refractivity (Wildman–Crippen MR) is 64.9 cm³/mol. The second-order valence-corrected chi connectivity index (χ2v) is 4.87. The molecule has 1 aromatic carbocycles. The Labute approximate surface area is 101 Å². The lowest BCUT2D eigenvalue weighted by Gasteiger charge is -2.21. The number of carbonyl (C=O) groups excluding carboxylic acids is 1. The number of ketones is 1. The summed E-state index contributed by atoms with van der Waals surface area (Å²) in [6.07, 6.45) is 1.97. The first-order chi connectivity index (χ1) is 8.34. The van der Waals surface area contributed by atoms with E-state index in [4.69, 9.17) is 4.74 Å². The summed E-state index contributed by atoms with van der Waals surface area (Å²) >= 11 is 0. The molecule has 0 aliphatic carbocycles. The molecule has 0 aromatic heterocycles. The molecule has 1 saturated heterocycles. The normalized spacial score (nSPS) is 23.4. The number of benzene rings is 1. The van der Waals surface area contributed by atoms with Crippen LogP contribution < -0.4 is 5.32 Å². The second-order valence-electron chi connectivity index (χ2n) is 4.87. The van der Waals surface area contributed by atoms with E-state index < -0.39 is 0 Å². The molecular weight excluding hydrogens is 214 g/mol. The lowest BCUT2D eigenvalue weighted by molar-refractivity contribution is 0.0461. The first-order valence-electron chi connectivity index (χ1n) is 6.29. The molecule has 17 heavy (non-hydrogen) atoms. The van der Waals surface area contributed by atoms with Gasteiger partial charge in [-0.15, -0.1) is 0 Å². The molecule has 0 saturated carbocycles. The first kappa shape index (κ1) is 10.9. The third-order valence-electron chi connectivity index (χ3n) is 3.65. The Bertz CT molecular complexity index is 436. The van der Waals surface area contributed by atoms with Crippen LogP contribution in [0.1, 0.15) is 34.3 Å². The van der Waals surface area contributed by atoms with E-state index in [1.54, 1.807) is 0 Å². The van der Waals surface area contributed by atoms with Crippen molar-refractivity contribution in [2.75, 3.05) is 13.2 Å². The van der Waals surface area contributed by atoms with E-state index in [1.807, 2.05) is 12.1 Å². The maximum absolute atomic E-state index is 12.3. The van der Waals surface area contributed by atoms with E-state index in [2.05, 4.69) is 11.4 Å². The highest BCUT2D eigenvalue weighted by Crippen LogP contribution is 2.22. The summed E-state index contributed by atoms with van der Waals surface area (Å²) < 4.78 is 5.38. The highest BCUT2D eigenvalue weighted by atomic mass is 16.5. The van der Waals surface area contributed by atoms with Crippen molar-refractivity contribution in [3.05, 3.63) is 34.9 Å². The van der Waals surface area contributed by atoms with E-state index in [1.165, 1.54) is 11.1 Å². The standard InChI is InChI=1S/C14H17NO2/c16-14(12-2-1-5-17-9-12)10-3-4-11-7-15-8-13(11)6-10/h3-4,6,12,15H,1-2,5,7-9H2. The van der Waals surface area contributed by atoms with E-state index in [0.717, 1.165) is 38.1 Å². The highest BCUT2D eigenvalue weighted by molar-refractivity contribution is 5.98. The van der Waals surface area contributed by atoms with Gasteiger partial charge in [-0.05, 0) is 30.0 Å². The van der Waals surface area contributed by atoms with Crippen LogP contribution in [0.2, 0.25) is 0 Å². The molecule has 0 radical (unpaired) electrons. The lowest BCUT2D eigenvalue weighted by atomic mass is 9.91. The molecule has 1 fully saturated rings. The highest BCUT2D eigenvalue weighted by Gasteiger charge is 2.23. The number of nitrogens with one attached hydrogen (secondary N) is 1. The summed E-state index contributed by atoms with van der Waals surface area (Å²) in [5, 5.41) is 3.30. The van der Waals surface area contributed by atoms with Gasteiger partial charge in [0, 0.05) is 31.2 Å². The van der Waals surface area contributed by atoms with Crippen molar-refractivity contribution < 1.29 is 9.53 Å². The average molecular weight is 231 g/mol. The molecule has 2 aliphatic heterocycles. The fraction of sp³-hybridized carbons (Fsp3) is 0.500. The van der Waals surface area contributed by atoms with Crippen molar-refractivity contribution in [1.82, 2.24) is 5.32 Å². The van der Waals surface area contributed by atoms with Crippen LogP contribution in [0.15, 0.2) is 18.2 Å². The van der Waals surface area contributed by atoms with Gasteiger partial charge in [0.1, 0.15) is 0 Å². The summed E-state index contributed by atoms with van der Waals surface area (Å²) in [4.78, 5) is 12.3. The fourth-order valence-corrected chi connectivity index (χ4v) is 2.63. The van der Waals surface area contributed by atoms with Crippen LogP contribution in [-0.4, -0.2) is 19.0 Å². The third-order valence-corrected chi connectivity index (χ3v) is 3.65. The second kappa shape index (κ2) is 4.59. The minimum Gasteiger partial charge on any atom is -0.381 e. The Morgan fingerprint density at radius 2 is 2.18 bits per heavy atom. The molecule has 2 aliphatic rings. The zero-order chi connectivity index (χ0) is 11.7. The van der Waals surface area contributed by atoms with Gasteiger partial charge in [0.15, 0.2) is 5.78 Å². The smallest absolute Gasteiger partial charge is 0.168 e. The minimum absolute atomic E-state index is 0.0659. The lowest BCUT2D eigenvalue weighted by Crippen LogP contribution is -2.25. The van der Waals surface area contributed by atoms with Gasteiger partial charge in [-0.2, -0.15) is 0 Å². The van der Waals surface area contributed by atoms with Crippen LogP contribution in [0.25, 0.3) is 0 Å². The van der Waals surface area contributed by atoms with Crippen LogP contribution in [0.5, 0.6) is 0 Å². The Balaban J connectivity index is 1.81. The molecule has 0 bridgehead atoms. The summed E-state index contributed by atoms with van der Waals surface area (Å²) in [7, 11) is 0. The number of Topliss-reactive ketones (excluding diaryl/α,β-unsaturated/α-hetero) is 1. The van der Waals surface area contributed by atoms with Crippen LogP contribution in [0.3, 0.4) is 0 Å². The van der Waals surface area contributed by atoms with Crippen molar-refractivity contribution in [1.29, 1.82) is 0 Å². The van der Waals surface area contributed by atoms with Crippen molar-refractivity contribution >= 4 is 5.78 Å². The van der Waals surface area contributed by atoms with E-state index in [-0.39, 0.29) is 11.7 Å². The van der Waals surface area contributed by atoms with Gasteiger partial charge in [0.2, 0.25) is 0 Å². The van der Waals surface area contributed by atoms with Gasteiger partial charge < -0.3 is 10.1 Å². The van der Waals surface area contributed by atoms with Gasteiger partial charge in [-0.1, -0.05) is 12.1 Å². The SMILES string of the molecule is O=C(c1ccc2c(c1)CNC2)C1CCCOC1. The minimum atomic E-state index is 0.0659. The maximum Gasteiger partial charge on any atom is 0.168 e. The number of rotatable bonds is 2. The van der Waals surface area contributed by atoms with Crippen LogP contribution in [0, 0.1) is 5.92 Å². The number of hydrogen-bond acceptors (Lipinski definition) is 3. The monoisotopic (exact) mass is 231 g/mol. The van der Waals surface area contributed by atoms with Gasteiger partial charge >= 0.3 is 0 Å². The topological polar surface area (TPSA) is 38.3 Å². The molecule has 1 aromatic rings. The molecular formula is C14H17NO2. The van der Waals surface area contributed by atoms with Crippen LogP contribution in [0.4, 0.5) is 0 Å². The molecule has 2 heterocycles. The summed E-state index contributed by atoms with van der Waals surface area (Å²) in [5.41, 5.74) is 3.44. The van der Waals surface area contributed by atoms with Crippen molar-refractivity contribution in [2.24, 2.45) is 5.92 Å². The fourth-order valence-electron chi connectivity index (χ4n) is 2.63.